The van der Waals surface area contributed by atoms with Crippen molar-refractivity contribution >= 4 is 28.3 Å². The Bertz CT molecular complexity index is 641. The van der Waals surface area contributed by atoms with E-state index < -0.39 is 0 Å². The van der Waals surface area contributed by atoms with E-state index >= 15 is 0 Å². The molecule has 0 aliphatic rings. The molecule has 0 saturated carbocycles. The van der Waals surface area contributed by atoms with Crippen LogP contribution >= 0.6 is 11.3 Å². The van der Waals surface area contributed by atoms with Gasteiger partial charge in [-0.25, -0.2) is 4.98 Å². The SMILES string of the molecule is CCN(CC(=O)Nc1nccs1)C(=O)Cc1ccc(OC)cc1. The lowest BCUT2D eigenvalue weighted by Gasteiger charge is -2.20. The van der Waals surface area contributed by atoms with E-state index in [0.717, 1.165) is 11.3 Å². The fourth-order valence-corrected chi connectivity index (χ4v) is 2.57. The second-order valence-electron chi connectivity index (χ2n) is 4.82. The van der Waals surface area contributed by atoms with Crippen LogP contribution in [0.25, 0.3) is 0 Å². The fourth-order valence-electron chi connectivity index (χ4n) is 2.02. The molecule has 23 heavy (non-hydrogen) atoms. The number of methoxy groups -OCH3 is 1. The number of likely N-dealkylation sites (N-methyl/N-ethyl adjacent to an activating group) is 1. The summed E-state index contributed by atoms with van der Waals surface area (Å²) in [4.78, 5) is 29.8. The van der Waals surface area contributed by atoms with Crippen molar-refractivity contribution in [3.8, 4) is 5.75 Å². The minimum absolute atomic E-state index is 0.0189. The molecular weight excluding hydrogens is 314 g/mol. The van der Waals surface area contributed by atoms with Gasteiger partial charge in [-0.1, -0.05) is 12.1 Å². The van der Waals surface area contributed by atoms with E-state index in [1.807, 2.05) is 31.2 Å². The van der Waals surface area contributed by atoms with Gasteiger partial charge in [0.25, 0.3) is 0 Å². The van der Waals surface area contributed by atoms with Crippen LogP contribution in [0.15, 0.2) is 35.8 Å². The topological polar surface area (TPSA) is 71.5 Å². The fraction of sp³-hybridized carbons (Fsp3) is 0.312. The van der Waals surface area contributed by atoms with Crippen molar-refractivity contribution in [2.75, 3.05) is 25.5 Å². The molecule has 1 aromatic heterocycles. The summed E-state index contributed by atoms with van der Waals surface area (Å²) in [7, 11) is 1.60. The van der Waals surface area contributed by atoms with Crippen molar-refractivity contribution in [3.05, 3.63) is 41.4 Å². The molecule has 122 valence electrons. The Kier molecular flexibility index (Phi) is 6.10. The maximum Gasteiger partial charge on any atom is 0.245 e. The summed E-state index contributed by atoms with van der Waals surface area (Å²) in [6.07, 6.45) is 1.87. The number of anilines is 1. The molecular formula is C16H19N3O3S. The first-order valence-electron chi connectivity index (χ1n) is 7.22. The van der Waals surface area contributed by atoms with Crippen LogP contribution in [-0.4, -0.2) is 41.9 Å². The van der Waals surface area contributed by atoms with Crippen LogP contribution in [0.3, 0.4) is 0 Å². The molecule has 6 nitrogen and oxygen atoms in total. The van der Waals surface area contributed by atoms with E-state index in [1.165, 1.54) is 16.2 Å². The van der Waals surface area contributed by atoms with Gasteiger partial charge in [-0.15, -0.1) is 11.3 Å². The average Bonchev–Trinajstić information content (AvgIpc) is 3.06. The minimum atomic E-state index is -0.245. The number of amides is 2. The first-order valence-corrected chi connectivity index (χ1v) is 8.10. The molecule has 0 atom stereocenters. The predicted molar refractivity (Wildman–Crippen MR) is 89.7 cm³/mol. The molecule has 0 spiro atoms. The molecule has 7 heteroatoms. The number of carbonyl (C=O) groups excluding carboxylic acids is 2. The third-order valence-corrected chi connectivity index (χ3v) is 3.95. The molecule has 2 aromatic rings. The second-order valence-corrected chi connectivity index (χ2v) is 5.71. The quantitative estimate of drug-likeness (QED) is 0.843. The highest BCUT2D eigenvalue weighted by molar-refractivity contribution is 7.13. The Labute approximate surface area is 139 Å². The molecule has 0 fully saturated rings. The van der Waals surface area contributed by atoms with Crippen LogP contribution in [0, 0.1) is 0 Å². The lowest BCUT2D eigenvalue weighted by atomic mass is 10.1. The maximum absolute atomic E-state index is 12.3. The number of carbonyl (C=O) groups is 2. The summed E-state index contributed by atoms with van der Waals surface area (Å²) in [5, 5.41) is 4.99. The van der Waals surface area contributed by atoms with Crippen molar-refractivity contribution in [1.29, 1.82) is 0 Å². The number of benzene rings is 1. The van der Waals surface area contributed by atoms with Crippen LogP contribution in [0.5, 0.6) is 5.75 Å². The second kappa shape index (κ2) is 8.28. The van der Waals surface area contributed by atoms with Gasteiger partial charge in [0.1, 0.15) is 5.75 Å². The summed E-state index contributed by atoms with van der Waals surface area (Å²) in [6.45, 7) is 2.34. The molecule has 1 aromatic carbocycles. The van der Waals surface area contributed by atoms with E-state index in [9.17, 15) is 9.59 Å². The third kappa shape index (κ3) is 5.07. The highest BCUT2D eigenvalue weighted by atomic mass is 32.1. The van der Waals surface area contributed by atoms with Gasteiger partial charge in [0, 0.05) is 18.1 Å². The van der Waals surface area contributed by atoms with Crippen LogP contribution in [0.4, 0.5) is 5.13 Å². The molecule has 1 heterocycles. The molecule has 0 aliphatic heterocycles. The number of nitrogens with zero attached hydrogens (tertiary/aromatic N) is 2. The van der Waals surface area contributed by atoms with Gasteiger partial charge in [0.15, 0.2) is 5.13 Å². The number of nitrogens with one attached hydrogen (secondary N) is 1. The average molecular weight is 333 g/mol. The highest BCUT2D eigenvalue weighted by Crippen LogP contribution is 2.13. The van der Waals surface area contributed by atoms with Crippen molar-refractivity contribution in [1.82, 2.24) is 9.88 Å². The third-order valence-electron chi connectivity index (χ3n) is 3.26. The van der Waals surface area contributed by atoms with Gasteiger partial charge in [-0.2, -0.15) is 0 Å². The lowest BCUT2D eigenvalue weighted by molar-refractivity contribution is -0.133. The van der Waals surface area contributed by atoms with Crippen LogP contribution in [0.1, 0.15) is 12.5 Å². The Hall–Kier alpha value is -2.41. The molecule has 2 amide bonds. The number of hydrogen-bond acceptors (Lipinski definition) is 5. The molecule has 2 rings (SSSR count). The van der Waals surface area contributed by atoms with E-state index in [-0.39, 0.29) is 24.8 Å². The zero-order chi connectivity index (χ0) is 16.7. The molecule has 0 saturated heterocycles. The summed E-state index contributed by atoms with van der Waals surface area (Å²) in [5.74, 6) is 0.410. The molecule has 0 radical (unpaired) electrons. The van der Waals surface area contributed by atoms with Crippen molar-refractivity contribution in [2.45, 2.75) is 13.3 Å². The van der Waals surface area contributed by atoms with E-state index in [2.05, 4.69) is 10.3 Å². The summed E-state index contributed by atoms with van der Waals surface area (Å²) in [6, 6.07) is 7.32. The maximum atomic E-state index is 12.3. The van der Waals surface area contributed by atoms with E-state index in [4.69, 9.17) is 4.74 Å². The lowest BCUT2D eigenvalue weighted by Crippen LogP contribution is -2.38. The molecule has 0 unspecified atom stereocenters. The number of aromatic nitrogens is 1. The Morgan fingerprint density at radius 3 is 2.61 bits per heavy atom. The van der Waals surface area contributed by atoms with Crippen molar-refractivity contribution < 1.29 is 14.3 Å². The highest BCUT2D eigenvalue weighted by Gasteiger charge is 2.16. The monoisotopic (exact) mass is 333 g/mol. The van der Waals surface area contributed by atoms with Gasteiger partial charge in [0.05, 0.1) is 20.1 Å². The zero-order valence-corrected chi connectivity index (χ0v) is 13.9. The zero-order valence-electron chi connectivity index (χ0n) is 13.1. The first kappa shape index (κ1) is 17.0. The van der Waals surface area contributed by atoms with Crippen LogP contribution in [0.2, 0.25) is 0 Å². The first-order chi connectivity index (χ1) is 11.1. The summed E-state index contributed by atoms with van der Waals surface area (Å²) < 4.78 is 5.09. The van der Waals surface area contributed by atoms with E-state index in [0.29, 0.717) is 11.7 Å². The van der Waals surface area contributed by atoms with E-state index in [1.54, 1.807) is 18.7 Å². The Balaban J connectivity index is 1.90. The predicted octanol–water partition coefficient (Wildman–Crippen LogP) is 2.18. The largest absolute Gasteiger partial charge is 0.497 e. The standard InChI is InChI=1S/C16H19N3O3S/c1-3-19(11-14(20)18-16-17-8-9-23-16)15(21)10-12-4-6-13(22-2)7-5-12/h4-9H,3,10-11H2,1-2H3,(H,17,18,20). The van der Waals surface area contributed by atoms with Gasteiger partial charge in [-0.05, 0) is 24.6 Å². The number of hydrogen-bond donors (Lipinski definition) is 1. The minimum Gasteiger partial charge on any atom is -0.497 e. The summed E-state index contributed by atoms with van der Waals surface area (Å²) >= 11 is 1.34. The molecule has 1 N–H and O–H groups in total. The smallest absolute Gasteiger partial charge is 0.245 e. The van der Waals surface area contributed by atoms with Crippen molar-refractivity contribution in [2.24, 2.45) is 0 Å². The van der Waals surface area contributed by atoms with Gasteiger partial charge >= 0.3 is 0 Å². The number of rotatable bonds is 7. The Morgan fingerprint density at radius 2 is 2.04 bits per heavy atom. The summed E-state index contributed by atoms with van der Waals surface area (Å²) in [5.41, 5.74) is 0.884. The van der Waals surface area contributed by atoms with Gasteiger partial charge < -0.3 is 15.0 Å². The molecule has 0 bridgehead atoms. The van der Waals surface area contributed by atoms with Gasteiger partial charge in [-0.3, -0.25) is 9.59 Å². The van der Waals surface area contributed by atoms with Gasteiger partial charge in [0.2, 0.25) is 11.8 Å². The normalized spacial score (nSPS) is 10.2. The number of thiazole rings is 1. The number of ether oxygens (including phenoxy) is 1. The van der Waals surface area contributed by atoms with Crippen LogP contribution in [-0.2, 0) is 16.0 Å². The van der Waals surface area contributed by atoms with Crippen molar-refractivity contribution in [3.63, 3.8) is 0 Å². The molecule has 0 aliphatic carbocycles. The van der Waals surface area contributed by atoms with Crippen LogP contribution < -0.4 is 10.1 Å². The Morgan fingerprint density at radius 1 is 1.30 bits per heavy atom.